The first kappa shape index (κ1) is 15.7. The van der Waals surface area contributed by atoms with Gasteiger partial charge in [0.05, 0.1) is 16.8 Å². The second-order valence-corrected chi connectivity index (χ2v) is 7.56. The molecule has 6 nitrogen and oxygen atoms in total. The van der Waals surface area contributed by atoms with Gasteiger partial charge in [0, 0.05) is 16.1 Å². The number of hydrazone groups is 1. The Kier molecular flexibility index (Phi) is 4.18. The number of hydrogen-bond donors (Lipinski definition) is 2. The molecule has 0 aliphatic rings. The van der Waals surface area contributed by atoms with Crippen molar-refractivity contribution in [2.45, 2.75) is 11.8 Å². The number of sulfonamides is 1. The molecule has 0 bridgehead atoms. The third-order valence-electron chi connectivity index (χ3n) is 3.17. The summed E-state index contributed by atoms with van der Waals surface area (Å²) in [6.45, 7) is 1.89. The number of nitrogens with one attached hydrogen (secondary N) is 2. The van der Waals surface area contributed by atoms with Crippen molar-refractivity contribution in [1.82, 2.24) is 14.8 Å². The van der Waals surface area contributed by atoms with Crippen molar-refractivity contribution < 1.29 is 8.42 Å². The molecule has 2 heterocycles. The SMILES string of the molecule is Cc1ccc(S(=O)(=O)N/N=C/c2cc3cc(Br)cnc3[nH]2)cc1. The number of hydrogen-bond acceptors (Lipinski definition) is 4. The van der Waals surface area contributed by atoms with Crippen molar-refractivity contribution in [2.24, 2.45) is 5.10 Å². The van der Waals surface area contributed by atoms with Crippen LogP contribution < -0.4 is 4.83 Å². The maximum Gasteiger partial charge on any atom is 0.276 e. The molecule has 1 aromatic carbocycles. The van der Waals surface area contributed by atoms with Crippen LogP contribution in [-0.4, -0.2) is 24.6 Å². The molecule has 0 fully saturated rings. The largest absolute Gasteiger partial charge is 0.338 e. The van der Waals surface area contributed by atoms with Gasteiger partial charge in [0.1, 0.15) is 5.65 Å². The molecule has 0 atom stereocenters. The zero-order valence-corrected chi connectivity index (χ0v) is 14.5. The highest BCUT2D eigenvalue weighted by atomic mass is 79.9. The van der Waals surface area contributed by atoms with Crippen molar-refractivity contribution in [3.8, 4) is 0 Å². The van der Waals surface area contributed by atoms with Crippen molar-refractivity contribution in [2.75, 3.05) is 0 Å². The molecule has 0 saturated carbocycles. The van der Waals surface area contributed by atoms with Gasteiger partial charge in [-0.15, -0.1) is 0 Å². The van der Waals surface area contributed by atoms with E-state index in [0.717, 1.165) is 15.4 Å². The number of pyridine rings is 1. The summed E-state index contributed by atoms with van der Waals surface area (Å²) in [7, 11) is -3.67. The second-order valence-electron chi connectivity index (χ2n) is 4.98. The third kappa shape index (κ3) is 3.59. The molecule has 0 aliphatic carbocycles. The maximum absolute atomic E-state index is 12.1. The lowest BCUT2D eigenvalue weighted by Crippen LogP contribution is -2.18. The van der Waals surface area contributed by atoms with Crippen LogP contribution in [0.5, 0.6) is 0 Å². The quantitative estimate of drug-likeness (QED) is 0.528. The highest BCUT2D eigenvalue weighted by Crippen LogP contribution is 2.17. The lowest BCUT2D eigenvalue weighted by atomic mass is 10.2. The van der Waals surface area contributed by atoms with E-state index in [9.17, 15) is 8.42 Å². The molecule has 23 heavy (non-hydrogen) atoms. The third-order valence-corrected chi connectivity index (χ3v) is 4.84. The summed E-state index contributed by atoms with van der Waals surface area (Å²) in [4.78, 5) is 9.61. The monoisotopic (exact) mass is 392 g/mol. The molecule has 118 valence electrons. The first-order valence-corrected chi connectivity index (χ1v) is 8.97. The van der Waals surface area contributed by atoms with Gasteiger partial charge in [-0.25, -0.2) is 9.82 Å². The van der Waals surface area contributed by atoms with Crippen LogP contribution in [0.3, 0.4) is 0 Å². The smallest absolute Gasteiger partial charge is 0.276 e. The normalized spacial score (nSPS) is 12.1. The van der Waals surface area contributed by atoms with Crippen LogP contribution in [-0.2, 0) is 10.0 Å². The number of fused-ring (bicyclic) bond motifs is 1. The minimum Gasteiger partial charge on any atom is -0.338 e. The van der Waals surface area contributed by atoms with Crippen molar-refractivity contribution in [3.63, 3.8) is 0 Å². The Morgan fingerprint density at radius 3 is 2.74 bits per heavy atom. The topological polar surface area (TPSA) is 87.2 Å². The van der Waals surface area contributed by atoms with E-state index in [1.165, 1.54) is 18.3 Å². The van der Waals surface area contributed by atoms with Crippen LogP contribution in [0.2, 0.25) is 0 Å². The van der Waals surface area contributed by atoms with Crippen LogP contribution in [0, 0.1) is 6.92 Å². The number of nitrogens with zero attached hydrogens (tertiary/aromatic N) is 2. The first-order valence-electron chi connectivity index (χ1n) is 6.70. The minimum atomic E-state index is -3.67. The second kappa shape index (κ2) is 6.13. The van der Waals surface area contributed by atoms with Crippen molar-refractivity contribution in [3.05, 3.63) is 58.3 Å². The van der Waals surface area contributed by atoms with Gasteiger partial charge in [0.2, 0.25) is 0 Å². The molecule has 0 saturated heterocycles. The molecule has 0 amide bonds. The molecule has 2 aromatic heterocycles. The number of halogens is 1. The van der Waals surface area contributed by atoms with Gasteiger partial charge in [-0.1, -0.05) is 17.7 Å². The summed E-state index contributed by atoms with van der Waals surface area (Å²) in [5.74, 6) is 0. The van der Waals surface area contributed by atoms with Crippen LogP contribution in [0.1, 0.15) is 11.3 Å². The van der Waals surface area contributed by atoms with E-state index in [0.29, 0.717) is 11.3 Å². The fraction of sp³-hybridized carbons (Fsp3) is 0.0667. The fourth-order valence-electron chi connectivity index (χ4n) is 2.01. The predicted octanol–water partition coefficient (Wildman–Crippen LogP) is 2.95. The summed E-state index contributed by atoms with van der Waals surface area (Å²) >= 11 is 3.35. The summed E-state index contributed by atoms with van der Waals surface area (Å²) in [6.07, 6.45) is 3.08. The van der Waals surface area contributed by atoms with Crippen molar-refractivity contribution in [1.29, 1.82) is 0 Å². The molecule has 3 aromatic rings. The van der Waals surface area contributed by atoms with Gasteiger partial charge in [-0.2, -0.15) is 13.5 Å². The molecule has 0 radical (unpaired) electrons. The van der Waals surface area contributed by atoms with Crippen molar-refractivity contribution >= 4 is 43.2 Å². The summed E-state index contributed by atoms with van der Waals surface area (Å²) in [5, 5.41) is 4.70. The Balaban J connectivity index is 1.78. The summed E-state index contributed by atoms with van der Waals surface area (Å²) < 4.78 is 25.1. The number of aromatic amines is 1. The zero-order chi connectivity index (χ0) is 16.4. The molecule has 3 rings (SSSR count). The fourth-order valence-corrected chi connectivity index (χ4v) is 3.15. The highest BCUT2D eigenvalue weighted by molar-refractivity contribution is 9.10. The summed E-state index contributed by atoms with van der Waals surface area (Å²) in [5.41, 5.74) is 2.34. The van der Waals surface area contributed by atoms with E-state index in [4.69, 9.17) is 0 Å². The van der Waals surface area contributed by atoms with Gasteiger partial charge >= 0.3 is 0 Å². The van der Waals surface area contributed by atoms with E-state index in [1.807, 2.05) is 19.1 Å². The van der Waals surface area contributed by atoms with Gasteiger partial charge in [-0.05, 0) is 47.1 Å². The van der Waals surface area contributed by atoms with Gasteiger partial charge in [-0.3, -0.25) is 0 Å². The number of aryl methyl sites for hydroxylation is 1. The molecule has 0 spiro atoms. The van der Waals surface area contributed by atoms with E-state index >= 15 is 0 Å². The van der Waals surface area contributed by atoms with Crippen LogP contribution in [0.15, 0.2) is 57.1 Å². The molecular formula is C15H13BrN4O2S. The summed E-state index contributed by atoms with van der Waals surface area (Å²) in [6, 6.07) is 10.3. The highest BCUT2D eigenvalue weighted by Gasteiger charge is 2.11. The number of H-pyrrole nitrogens is 1. The predicted molar refractivity (Wildman–Crippen MR) is 92.9 cm³/mol. The Morgan fingerprint density at radius 1 is 1.26 bits per heavy atom. The average Bonchev–Trinajstić information content (AvgIpc) is 2.89. The minimum absolute atomic E-state index is 0.169. The molecule has 8 heteroatoms. The molecular weight excluding hydrogens is 380 g/mol. The standard InChI is InChI=1S/C15H13BrN4O2S/c1-10-2-4-14(5-3-10)23(21,22)20-18-9-13-7-11-6-12(16)8-17-15(11)19-13/h2-9,20H,1H3,(H,17,19)/b18-9+. The van der Waals surface area contributed by atoms with Crippen LogP contribution in [0.4, 0.5) is 0 Å². The first-order chi connectivity index (χ1) is 10.9. The number of benzene rings is 1. The maximum atomic E-state index is 12.1. The van der Waals surface area contributed by atoms with Gasteiger partial charge in [0.15, 0.2) is 0 Å². The van der Waals surface area contributed by atoms with E-state index in [-0.39, 0.29) is 4.90 Å². The Hall–Kier alpha value is -2.19. The van der Waals surface area contributed by atoms with Gasteiger partial charge in [0.25, 0.3) is 10.0 Å². The van der Waals surface area contributed by atoms with Crippen LogP contribution in [0.25, 0.3) is 11.0 Å². The molecule has 2 N–H and O–H groups in total. The molecule has 0 unspecified atom stereocenters. The van der Waals surface area contributed by atoms with Crippen LogP contribution >= 0.6 is 15.9 Å². The lowest BCUT2D eigenvalue weighted by molar-refractivity contribution is 0.584. The average molecular weight is 393 g/mol. The van der Waals surface area contributed by atoms with E-state index in [1.54, 1.807) is 18.3 Å². The molecule has 0 aliphatic heterocycles. The number of aromatic nitrogens is 2. The Labute approximate surface area is 141 Å². The number of rotatable bonds is 4. The van der Waals surface area contributed by atoms with E-state index in [2.05, 4.69) is 35.8 Å². The van der Waals surface area contributed by atoms with E-state index < -0.39 is 10.0 Å². The zero-order valence-electron chi connectivity index (χ0n) is 12.1. The van der Waals surface area contributed by atoms with Gasteiger partial charge < -0.3 is 4.98 Å². The lowest BCUT2D eigenvalue weighted by Gasteiger charge is -2.03. The Morgan fingerprint density at radius 2 is 2.00 bits per heavy atom. The Bertz CT molecular complexity index is 978.